The fourth-order valence-corrected chi connectivity index (χ4v) is 1.87. The molecule has 0 unspecified atom stereocenters. The molecule has 0 bridgehead atoms. The lowest BCUT2D eigenvalue weighted by Gasteiger charge is -2.20. The summed E-state index contributed by atoms with van der Waals surface area (Å²) in [7, 11) is 0. The van der Waals surface area contributed by atoms with Crippen LogP contribution in [0.2, 0.25) is 0 Å². The highest BCUT2D eigenvalue weighted by Gasteiger charge is 2.32. The first-order valence-electron chi connectivity index (χ1n) is 6.02. The third-order valence-corrected chi connectivity index (χ3v) is 2.81. The van der Waals surface area contributed by atoms with Crippen LogP contribution in [0.4, 0.5) is 17.6 Å². The highest BCUT2D eigenvalue weighted by Crippen LogP contribution is 2.29. The van der Waals surface area contributed by atoms with Gasteiger partial charge < -0.3 is 9.73 Å². The van der Waals surface area contributed by atoms with Gasteiger partial charge in [0, 0.05) is 6.04 Å². The van der Waals surface area contributed by atoms with Crippen LogP contribution in [-0.2, 0) is 6.54 Å². The summed E-state index contributed by atoms with van der Waals surface area (Å²) in [5, 5.41) is 2.78. The molecule has 0 aliphatic heterocycles. The first-order chi connectivity index (χ1) is 9.44. The number of furan rings is 1. The van der Waals surface area contributed by atoms with E-state index in [0.717, 1.165) is 12.1 Å². The molecule has 1 heterocycles. The van der Waals surface area contributed by atoms with Crippen LogP contribution >= 0.6 is 0 Å². The largest absolute Gasteiger partial charge is 0.468 e. The lowest BCUT2D eigenvalue weighted by atomic mass is 10.0. The van der Waals surface area contributed by atoms with Crippen LogP contribution in [0.25, 0.3) is 0 Å². The topological polar surface area (TPSA) is 25.2 Å². The predicted octanol–water partition coefficient (Wildman–Crippen LogP) is 4.20. The van der Waals surface area contributed by atoms with Crippen LogP contribution in [0.3, 0.4) is 0 Å². The van der Waals surface area contributed by atoms with E-state index in [-0.39, 0.29) is 6.54 Å². The minimum atomic E-state index is -4.31. The van der Waals surface area contributed by atoms with Gasteiger partial charge in [0.15, 0.2) is 0 Å². The van der Waals surface area contributed by atoms with E-state index in [1.165, 1.54) is 18.4 Å². The van der Waals surface area contributed by atoms with Gasteiger partial charge in [-0.05, 0) is 29.8 Å². The number of nitrogens with one attached hydrogen (secondary N) is 1. The summed E-state index contributed by atoms with van der Waals surface area (Å²) in [5.74, 6) is 0.0600. The normalized spacial score (nSPS) is 13.4. The minimum Gasteiger partial charge on any atom is -0.468 e. The molecule has 108 valence electrons. The van der Waals surface area contributed by atoms with Gasteiger partial charge in [-0.1, -0.05) is 12.1 Å². The molecule has 1 aromatic heterocycles. The molecule has 0 amide bonds. The van der Waals surface area contributed by atoms with Crippen molar-refractivity contribution in [2.45, 2.75) is 25.2 Å². The van der Waals surface area contributed by atoms with Crippen molar-refractivity contribution in [1.82, 2.24) is 5.32 Å². The van der Waals surface area contributed by atoms with Crippen molar-refractivity contribution in [2.75, 3.05) is 0 Å². The summed E-state index contributed by atoms with van der Waals surface area (Å²) in [6.45, 7) is 0.172. The molecule has 1 N–H and O–H groups in total. The van der Waals surface area contributed by atoms with E-state index in [9.17, 15) is 17.6 Å². The molecule has 0 saturated carbocycles. The molecule has 0 aliphatic rings. The number of hydrogen-bond acceptors (Lipinski definition) is 2. The zero-order valence-electron chi connectivity index (χ0n) is 10.5. The minimum absolute atomic E-state index is 0.172. The Labute approximate surface area is 113 Å². The van der Waals surface area contributed by atoms with Gasteiger partial charge in [0.2, 0.25) is 0 Å². The molecule has 2 aromatic rings. The Bertz CT molecular complexity index is 519. The van der Waals surface area contributed by atoms with Crippen molar-refractivity contribution in [3.05, 3.63) is 59.8 Å². The molecule has 0 aliphatic carbocycles. The first-order valence-corrected chi connectivity index (χ1v) is 6.02. The lowest BCUT2D eigenvalue weighted by molar-refractivity contribution is -0.140. The number of benzene rings is 1. The Morgan fingerprint density at radius 2 is 1.80 bits per heavy atom. The molecule has 0 spiro atoms. The second-order valence-electron chi connectivity index (χ2n) is 4.38. The van der Waals surface area contributed by atoms with Gasteiger partial charge in [0.25, 0.3) is 0 Å². The second-order valence-corrected chi connectivity index (χ2v) is 4.38. The number of halogens is 4. The third-order valence-electron chi connectivity index (χ3n) is 2.81. The maximum absolute atomic E-state index is 12.8. The molecule has 2 nitrogen and oxygen atoms in total. The molecule has 0 saturated heterocycles. The van der Waals surface area contributed by atoms with Crippen LogP contribution in [0.5, 0.6) is 0 Å². The number of alkyl halides is 3. The van der Waals surface area contributed by atoms with E-state index in [4.69, 9.17) is 4.42 Å². The van der Waals surface area contributed by atoms with Crippen molar-refractivity contribution >= 4 is 0 Å². The van der Waals surface area contributed by atoms with Gasteiger partial charge in [0.05, 0.1) is 19.2 Å². The Kier molecular flexibility index (Phi) is 4.44. The summed E-state index contributed by atoms with van der Waals surface area (Å²) in [5.41, 5.74) is 0.385. The van der Waals surface area contributed by atoms with Crippen LogP contribution in [-0.4, -0.2) is 6.18 Å². The van der Waals surface area contributed by atoms with E-state index in [2.05, 4.69) is 5.32 Å². The first kappa shape index (κ1) is 14.6. The van der Waals surface area contributed by atoms with E-state index in [1.54, 1.807) is 12.1 Å². The van der Waals surface area contributed by atoms with E-state index in [1.807, 2.05) is 0 Å². The molecular formula is C14H13F4NO. The summed E-state index contributed by atoms with van der Waals surface area (Å²) >= 11 is 0. The van der Waals surface area contributed by atoms with Crippen molar-refractivity contribution < 1.29 is 22.0 Å². The zero-order valence-corrected chi connectivity index (χ0v) is 10.5. The standard InChI is InChI=1S/C14H13F4NO/c15-11-5-3-10(4-6-11)13(8-14(16,17)18)19-9-12-2-1-7-20-12/h1-7,13,19H,8-9H2/t13-/m0/s1. The van der Waals surface area contributed by atoms with E-state index < -0.39 is 24.5 Å². The zero-order chi connectivity index (χ0) is 14.6. The average molecular weight is 287 g/mol. The van der Waals surface area contributed by atoms with Crippen molar-refractivity contribution in [1.29, 1.82) is 0 Å². The maximum Gasteiger partial charge on any atom is 0.390 e. The summed E-state index contributed by atoms with van der Waals surface area (Å²) in [6.07, 6.45) is -3.89. The van der Waals surface area contributed by atoms with Gasteiger partial charge in [-0.3, -0.25) is 0 Å². The predicted molar refractivity (Wildman–Crippen MR) is 65.4 cm³/mol. The Morgan fingerprint density at radius 1 is 1.10 bits per heavy atom. The highest BCUT2D eigenvalue weighted by atomic mass is 19.4. The van der Waals surface area contributed by atoms with Gasteiger partial charge in [-0.2, -0.15) is 13.2 Å². The fourth-order valence-electron chi connectivity index (χ4n) is 1.87. The monoisotopic (exact) mass is 287 g/mol. The fraction of sp³-hybridized carbons (Fsp3) is 0.286. The third kappa shape index (κ3) is 4.38. The Morgan fingerprint density at radius 3 is 2.35 bits per heavy atom. The average Bonchev–Trinajstić information content (AvgIpc) is 2.87. The molecule has 2 rings (SSSR count). The summed E-state index contributed by atoms with van der Waals surface area (Å²) in [4.78, 5) is 0. The van der Waals surface area contributed by atoms with Crippen LogP contribution < -0.4 is 5.32 Å². The molecule has 1 atom stereocenters. The van der Waals surface area contributed by atoms with E-state index in [0.29, 0.717) is 11.3 Å². The van der Waals surface area contributed by atoms with E-state index >= 15 is 0 Å². The van der Waals surface area contributed by atoms with Crippen molar-refractivity contribution in [2.24, 2.45) is 0 Å². The van der Waals surface area contributed by atoms with Gasteiger partial charge >= 0.3 is 6.18 Å². The van der Waals surface area contributed by atoms with Gasteiger partial charge in [0.1, 0.15) is 11.6 Å². The molecule has 0 fully saturated rings. The SMILES string of the molecule is Fc1ccc([C@H](CC(F)(F)F)NCc2ccco2)cc1. The van der Waals surface area contributed by atoms with Gasteiger partial charge in [-0.15, -0.1) is 0 Å². The molecule has 6 heteroatoms. The number of rotatable bonds is 5. The number of hydrogen-bond donors (Lipinski definition) is 1. The summed E-state index contributed by atoms with van der Waals surface area (Å²) < 4.78 is 55.7. The molecule has 20 heavy (non-hydrogen) atoms. The quantitative estimate of drug-likeness (QED) is 0.834. The van der Waals surface area contributed by atoms with Crippen molar-refractivity contribution in [3.63, 3.8) is 0 Å². The van der Waals surface area contributed by atoms with Crippen LogP contribution in [0, 0.1) is 5.82 Å². The highest BCUT2D eigenvalue weighted by molar-refractivity contribution is 5.20. The van der Waals surface area contributed by atoms with Crippen LogP contribution in [0.1, 0.15) is 23.8 Å². The Balaban J connectivity index is 2.09. The van der Waals surface area contributed by atoms with Gasteiger partial charge in [-0.25, -0.2) is 4.39 Å². The Hall–Kier alpha value is -1.82. The molecular weight excluding hydrogens is 274 g/mol. The molecule has 0 radical (unpaired) electrons. The molecule has 1 aromatic carbocycles. The summed E-state index contributed by atoms with van der Waals surface area (Å²) in [6, 6.07) is 7.37. The maximum atomic E-state index is 12.8. The van der Waals surface area contributed by atoms with Crippen molar-refractivity contribution in [3.8, 4) is 0 Å². The lowest BCUT2D eigenvalue weighted by Crippen LogP contribution is -2.26. The smallest absolute Gasteiger partial charge is 0.390 e. The second kappa shape index (κ2) is 6.09. The van der Waals surface area contributed by atoms with Crippen LogP contribution in [0.15, 0.2) is 47.1 Å².